The predicted molar refractivity (Wildman–Crippen MR) is 143 cm³/mol. The van der Waals surface area contributed by atoms with Crippen molar-refractivity contribution in [3.8, 4) is 0 Å². The van der Waals surface area contributed by atoms with Gasteiger partial charge in [0.2, 0.25) is 21.8 Å². The summed E-state index contributed by atoms with van der Waals surface area (Å²) in [5.41, 5.74) is 2.53. The van der Waals surface area contributed by atoms with Gasteiger partial charge >= 0.3 is 0 Å². The molecule has 0 saturated carbocycles. The van der Waals surface area contributed by atoms with Crippen molar-refractivity contribution in [1.29, 1.82) is 0 Å². The molecule has 0 bridgehead atoms. The van der Waals surface area contributed by atoms with E-state index in [1.165, 1.54) is 4.31 Å². The fraction of sp³-hybridized carbons (Fsp3) is 0.310. The molecule has 1 aliphatic rings. The maximum Gasteiger partial charge on any atom is 0.247 e. The summed E-state index contributed by atoms with van der Waals surface area (Å²) in [6.07, 6.45) is 2.40. The fourth-order valence-corrected chi connectivity index (χ4v) is 6.17. The lowest BCUT2D eigenvalue weighted by Gasteiger charge is -2.31. The monoisotopic (exact) mass is 519 g/mol. The molecule has 4 rings (SSSR count). The molecule has 8 heteroatoms. The molecule has 0 aromatic heterocycles. The summed E-state index contributed by atoms with van der Waals surface area (Å²) in [6, 6.07) is 24.9. The first-order valence-electron chi connectivity index (χ1n) is 12.6. The lowest BCUT2D eigenvalue weighted by molar-refractivity contribution is -0.141. The highest BCUT2D eigenvalue weighted by Crippen LogP contribution is 2.26. The van der Waals surface area contributed by atoms with Gasteiger partial charge in [0, 0.05) is 33.1 Å². The third kappa shape index (κ3) is 6.45. The van der Waals surface area contributed by atoms with E-state index in [1.54, 1.807) is 36.2 Å². The number of nitrogens with zero attached hydrogens (tertiary/aromatic N) is 2. The molecule has 0 spiro atoms. The average molecular weight is 520 g/mol. The maximum atomic E-state index is 13.6. The van der Waals surface area contributed by atoms with E-state index in [9.17, 15) is 18.0 Å². The lowest BCUT2D eigenvalue weighted by atomic mass is 10.0. The molecule has 2 amide bonds. The van der Waals surface area contributed by atoms with Crippen LogP contribution in [-0.4, -0.2) is 49.6 Å². The lowest BCUT2D eigenvalue weighted by Crippen LogP contribution is -2.42. The molecule has 7 nitrogen and oxygen atoms in total. The topological polar surface area (TPSA) is 86.8 Å². The summed E-state index contributed by atoms with van der Waals surface area (Å²) in [6.45, 7) is 1.41. The van der Waals surface area contributed by atoms with Crippen LogP contribution in [0.15, 0.2) is 89.8 Å². The Morgan fingerprint density at radius 1 is 0.865 bits per heavy atom. The molecule has 37 heavy (non-hydrogen) atoms. The molecule has 0 aliphatic carbocycles. The molecule has 3 aromatic carbocycles. The molecule has 1 heterocycles. The van der Waals surface area contributed by atoms with Crippen LogP contribution in [0.4, 0.5) is 0 Å². The highest BCUT2D eigenvalue weighted by Gasteiger charge is 2.31. The van der Waals surface area contributed by atoms with E-state index in [2.05, 4.69) is 5.32 Å². The normalized spacial score (nSPS) is 14.7. The van der Waals surface area contributed by atoms with Crippen molar-refractivity contribution in [1.82, 2.24) is 14.5 Å². The second-order valence-corrected chi connectivity index (χ2v) is 11.1. The van der Waals surface area contributed by atoms with Gasteiger partial charge < -0.3 is 10.2 Å². The molecular weight excluding hydrogens is 486 g/mol. The predicted octanol–water partition coefficient (Wildman–Crippen LogP) is 3.92. The zero-order chi connectivity index (χ0) is 26.3. The summed E-state index contributed by atoms with van der Waals surface area (Å²) >= 11 is 0. The second-order valence-electron chi connectivity index (χ2n) is 9.19. The van der Waals surface area contributed by atoms with Gasteiger partial charge in [0.1, 0.15) is 6.04 Å². The van der Waals surface area contributed by atoms with Crippen LogP contribution in [0, 0.1) is 0 Å². The van der Waals surface area contributed by atoms with E-state index in [0.717, 1.165) is 29.5 Å². The Morgan fingerprint density at radius 3 is 2.05 bits per heavy atom. The van der Waals surface area contributed by atoms with Crippen LogP contribution in [-0.2, 0) is 32.6 Å². The number of benzene rings is 3. The van der Waals surface area contributed by atoms with Crippen molar-refractivity contribution in [3.63, 3.8) is 0 Å². The summed E-state index contributed by atoms with van der Waals surface area (Å²) in [5, 5.41) is 2.71. The molecule has 194 valence electrons. The quantitative estimate of drug-likeness (QED) is 0.440. The van der Waals surface area contributed by atoms with Crippen molar-refractivity contribution in [2.75, 3.05) is 20.1 Å². The summed E-state index contributed by atoms with van der Waals surface area (Å²) in [4.78, 5) is 28.5. The highest BCUT2D eigenvalue weighted by molar-refractivity contribution is 7.89. The Balaban J connectivity index is 1.53. The minimum Gasteiger partial charge on any atom is -0.357 e. The van der Waals surface area contributed by atoms with Gasteiger partial charge in [-0.1, -0.05) is 72.8 Å². The minimum absolute atomic E-state index is 0.157. The zero-order valence-electron chi connectivity index (χ0n) is 21.0. The Bertz CT molecular complexity index is 1290. The molecule has 1 fully saturated rings. The van der Waals surface area contributed by atoms with Gasteiger partial charge in [0.25, 0.3) is 0 Å². The van der Waals surface area contributed by atoms with E-state index in [1.807, 2.05) is 60.7 Å². The van der Waals surface area contributed by atoms with E-state index in [-0.39, 0.29) is 23.1 Å². The minimum atomic E-state index is -3.48. The van der Waals surface area contributed by atoms with Crippen molar-refractivity contribution < 1.29 is 18.0 Å². The van der Waals surface area contributed by atoms with Crippen LogP contribution in [0.25, 0.3) is 0 Å². The smallest absolute Gasteiger partial charge is 0.247 e. The summed E-state index contributed by atoms with van der Waals surface area (Å²) < 4.78 is 27.1. The summed E-state index contributed by atoms with van der Waals surface area (Å²) in [7, 11) is -1.90. The first-order valence-corrected chi connectivity index (χ1v) is 14.0. The van der Waals surface area contributed by atoms with Crippen molar-refractivity contribution in [2.24, 2.45) is 0 Å². The van der Waals surface area contributed by atoms with Crippen molar-refractivity contribution >= 4 is 21.8 Å². The second kappa shape index (κ2) is 12.2. The van der Waals surface area contributed by atoms with Crippen LogP contribution >= 0.6 is 0 Å². The molecular formula is C29H33N3O4S. The van der Waals surface area contributed by atoms with Crippen LogP contribution in [0.5, 0.6) is 0 Å². The number of carbonyl (C=O) groups excluding carboxylic acids is 2. The SMILES string of the molecule is CNC(=O)[C@@H](c1ccccc1)N(Cc1ccccc1)C(=O)CCc1ccc(S(=O)(=O)N2CCCC2)cc1. The number of hydrogen-bond acceptors (Lipinski definition) is 4. The van der Waals surface area contributed by atoms with E-state index < -0.39 is 16.1 Å². The van der Waals surface area contributed by atoms with Gasteiger partial charge in [-0.15, -0.1) is 0 Å². The molecule has 1 saturated heterocycles. The first-order chi connectivity index (χ1) is 17.9. The Labute approximate surface area is 219 Å². The molecule has 0 unspecified atom stereocenters. The van der Waals surface area contributed by atoms with Crippen molar-refractivity contribution in [2.45, 2.75) is 43.2 Å². The first kappa shape index (κ1) is 26.6. The Kier molecular flexibility index (Phi) is 8.74. The number of likely N-dealkylation sites (N-methyl/N-ethyl adjacent to an activating group) is 1. The van der Waals surface area contributed by atoms with Gasteiger partial charge in [-0.25, -0.2) is 8.42 Å². The van der Waals surface area contributed by atoms with Gasteiger partial charge in [0.05, 0.1) is 4.90 Å². The van der Waals surface area contributed by atoms with Gasteiger partial charge in [0.15, 0.2) is 0 Å². The summed E-state index contributed by atoms with van der Waals surface area (Å²) in [5.74, 6) is -0.415. The number of sulfonamides is 1. The molecule has 1 aliphatic heterocycles. The van der Waals surface area contributed by atoms with E-state index in [0.29, 0.717) is 26.1 Å². The van der Waals surface area contributed by atoms with Gasteiger partial charge in [-0.2, -0.15) is 4.31 Å². The van der Waals surface area contributed by atoms with Crippen LogP contribution < -0.4 is 5.32 Å². The largest absolute Gasteiger partial charge is 0.357 e. The molecule has 1 atom stereocenters. The van der Waals surface area contributed by atoms with E-state index >= 15 is 0 Å². The van der Waals surface area contributed by atoms with Crippen LogP contribution in [0.3, 0.4) is 0 Å². The number of aryl methyl sites for hydroxylation is 1. The maximum absolute atomic E-state index is 13.6. The molecule has 3 aromatic rings. The standard InChI is InChI=1S/C29H33N3O4S/c1-30-29(34)28(25-12-6-3-7-13-25)32(22-24-10-4-2-5-11-24)27(33)19-16-23-14-17-26(18-15-23)37(35,36)31-20-8-9-21-31/h2-7,10-15,17-18,28H,8-9,16,19-22H2,1H3,(H,30,34)/t28-/m1/s1. The van der Waals surface area contributed by atoms with Crippen LogP contribution in [0.2, 0.25) is 0 Å². The number of amides is 2. The van der Waals surface area contributed by atoms with Gasteiger partial charge in [-0.3, -0.25) is 9.59 Å². The fourth-order valence-electron chi connectivity index (χ4n) is 4.65. The third-order valence-corrected chi connectivity index (χ3v) is 8.60. The number of carbonyl (C=O) groups is 2. The Morgan fingerprint density at radius 2 is 1.46 bits per heavy atom. The average Bonchev–Trinajstić information content (AvgIpc) is 3.49. The molecule has 0 radical (unpaired) electrons. The number of rotatable bonds is 10. The molecule has 1 N–H and O–H groups in total. The third-order valence-electron chi connectivity index (χ3n) is 6.69. The van der Waals surface area contributed by atoms with Gasteiger partial charge in [-0.05, 0) is 48.1 Å². The van der Waals surface area contributed by atoms with Crippen LogP contribution in [0.1, 0.15) is 42.0 Å². The Hall–Kier alpha value is -3.49. The number of hydrogen-bond donors (Lipinski definition) is 1. The number of nitrogens with one attached hydrogen (secondary N) is 1. The highest BCUT2D eigenvalue weighted by atomic mass is 32.2. The van der Waals surface area contributed by atoms with Crippen molar-refractivity contribution in [3.05, 3.63) is 102 Å². The van der Waals surface area contributed by atoms with E-state index in [4.69, 9.17) is 0 Å². The zero-order valence-corrected chi connectivity index (χ0v) is 21.9.